The summed E-state index contributed by atoms with van der Waals surface area (Å²) in [6.07, 6.45) is 2.30. The van der Waals surface area contributed by atoms with Gasteiger partial charge in [0.05, 0.1) is 0 Å². The number of thiophene rings is 1. The minimum absolute atomic E-state index is 0.106. The van der Waals surface area contributed by atoms with Crippen molar-refractivity contribution in [1.29, 1.82) is 0 Å². The fourth-order valence-electron chi connectivity index (χ4n) is 3.09. The molecule has 1 fully saturated rings. The Balaban J connectivity index is 1.37. The van der Waals surface area contributed by atoms with Crippen molar-refractivity contribution < 1.29 is 4.79 Å². The molecule has 1 aliphatic rings. The summed E-state index contributed by atoms with van der Waals surface area (Å²) in [7, 11) is 0. The number of amides is 2. The molecule has 4 nitrogen and oxygen atoms in total. The molecule has 0 spiro atoms. The van der Waals surface area contributed by atoms with Crippen LogP contribution in [0.2, 0.25) is 0 Å². The van der Waals surface area contributed by atoms with Crippen molar-refractivity contribution in [3.63, 3.8) is 0 Å². The van der Waals surface area contributed by atoms with E-state index in [1.54, 1.807) is 0 Å². The van der Waals surface area contributed by atoms with Crippen LogP contribution in [0.25, 0.3) is 0 Å². The number of rotatable bonds is 5. The van der Waals surface area contributed by atoms with Crippen LogP contribution in [0.5, 0.6) is 0 Å². The lowest BCUT2D eigenvalue weighted by Gasteiger charge is -2.31. The topological polar surface area (TPSA) is 44.4 Å². The molecule has 0 bridgehead atoms. The highest BCUT2D eigenvalue weighted by molar-refractivity contribution is 7.09. The van der Waals surface area contributed by atoms with Crippen molar-refractivity contribution in [2.75, 3.05) is 25.0 Å². The molecule has 0 saturated carbocycles. The fourth-order valence-corrected chi connectivity index (χ4v) is 3.83. The van der Waals surface area contributed by atoms with E-state index in [-0.39, 0.29) is 6.03 Å². The third kappa shape index (κ3) is 4.82. The highest BCUT2D eigenvalue weighted by Crippen LogP contribution is 2.20. The van der Waals surface area contributed by atoms with E-state index >= 15 is 0 Å². The minimum Gasteiger partial charge on any atom is -0.338 e. The van der Waals surface area contributed by atoms with Gasteiger partial charge in [-0.3, -0.25) is 4.90 Å². The lowest BCUT2D eigenvalue weighted by atomic mass is 9.97. The number of urea groups is 1. The molecule has 0 atom stereocenters. The van der Waals surface area contributed by atoms with Gasteiger partial charge in [0.2, 0.25) is 0 Å². The van der Waals surface area contributed by atoms with Gasteiger partial charge in [0.15, 0.2) is 0 Å². The van der Waals surface area contributed by atoms with E-state index in [0.29, 0.717) is 5.92 Å². The van der Waals surface area contributed by atoms with Gasteiger partial charge in [-0.25, -0.2) is 4.79 Å². The zero-order valence-corrected chi connectivity index (χ0v) is 14.9. The summed E-state index contributed by atoms with van der Waals surface area (Å²) < 4.78 is 0. The number of carbonyl (C=O) groups excluding carboxylic acids is 1. The molecular formula is C19H25N3OS. The first-order valence-electron chi connectivity index (χ1n) is 8.56. The van der Waals surface area contributed by atoms with Gasteiger partial charge in [0, 0.05) is 23.7 Å². The maximum absolute atomic E-state index is 12.1. The molecule has 2 heterocycles. The lowest BCUT2D eigenvalue weighted by molar-refractivity contribution is 0.177. The fraction of sp³-hybridized carbons (Fsp3) is 0.421. The summed E-state index contributed by atoms with van der Waals surface area (Å²) in [4.78, 5) is 16.0. The molecule has 5 heteroatoms. The van der Waals surface area contributed by atoms with Gasteiger partial charge in [-0.15, -0.1) is 11.3 Å². The number of nitrogens with one attached hydrogen (secondary N) is 2. The maximum Gasteiger partial charge on any atom is 0.319 e. The summed E-state index contributed by atoms with van der Waals surface area (Å²) in [6.45, 7) is 6.04. The van der Waals surface area contributed by atoms with Crippen molar-refractivity contribution in [2.45, 2.75) is 26.3 Å². The Kier molecular flexibility index (Phi) is 5.88. The quantitative estimate of drug-likeness (QED) is 0.859. The lowest BCUT2D eigenvalue weighted by Crippen LogP contribution is -2.39. The van der Waals surface area contributed by atoms with Gasteiger partial charge in [-0.05, 0) is 61.8 Å². The molecule has 3 rings (SSSR count). The Labute approximate surface area is 147 Å². The molecule has 2 amide bonds. The SMILES string of the molecule is Cc1ccccc1NC(=O)NCC1CCN(Cc2cccs2)CC1. The van der Waals surface area contributed by atoms with Gasteiger partial charge >= 0.3 is 6.03 Å². The number of aryl methyl sites for hydroxylation is 1. The molecule has 24 heavy (non-hydrogen) atoms. The van der Waals surface area contributed by atoms with E-state index < -0.39 is 0 Å². The number of piperidine rings is 1. The van der Waals surface area contributed by atoms with Gasteiger partial charge in [-0.2, -0.15) is 0 Å². The zero-order valence-electron chi connectivity index (χ0n) is 14.1. The molecule has 0 unspecified atom stereocenters. The van der Waals surface area contributed by atoms with E-state index in [1.165, 1.54) is 4.88 Å². The van der Waals surface area contributed by atoms with E-state index in [1.807, 2.05) is 42.5 Å². The minimum atomic E-state index is -0.106. The molecule has 2 N–H and O–H groups in total. The largest absolute Gasteiger partial charge is 0.338 e. The first-order valence-corrected chi connectivity index (χ1v) is 9.44. The van der Waals surface area contributed by atoms with Crippen LogP contribution in [-0.4, -0.2) is 30.6 Å². The molecule has 1 aliphatic heterocycles. The van der Waals surface area contributed by atoms with E-state index in [0.717, 1.165) is 50.3 Å². The van der Waals surface area contributed by atoms with Crippen LogP contribution in [0.15, 0.2) is 41.8 Å². The standard InChI is InChI=1S/C19H25N3OS/c1-15-5-2-3-7-18(15)21-19(23)20-13-16-8-10-22(11-9-16)14-17-6-4-12-24-17/h2-7,12,16H,8-11,13-14H2,1H3,(H2,20,21,23). The van der Waals surface area contributed by atoms with Crippen LogP contribution in [-0.2, 0) is 6.54 Å². The molecule has 1 saturated heterocycles. The smallest absolute Gasteiger partial charge is 0.319 e. The summed E-state index contributed by atoms with van der Waals surface area (Å²) in [5, 5.41) is 8.09. The molecule has 2 aromatic rings. The molecule has 128 valence electrons. The number of nitrogens with zero attached hydrogens (tertiary/aromatic N) is 1. The number of para-hydroxylation sites is 1. The third-order valence-electron chi connectivity index (χ3n) is 4.61. The van der Waals surface area contributed by atoms with Crippen molar-refractivity contribution in [3.05, 3.63) is 52.2 Å². The van der Waals surface area contributed by atoms with Crippen molar-refractivity contribution >= 4 is 23.1 Å². The van der Waals surface area contributed by atoms with E-state index in [4.69, 9.17) is 0 Å². The van der Waals surface area contributed by atoms with Crippen LogP contribution in [0.4, 0.5) is 10.5 Å². The normalized spacial score (nSPS) is 16.0. The number of hydrogen-bond donors (Lipinski definition) is 2. The number of likely N-dealkylation sites (tertiary alicyclic amines) is 1. The van der Waals surface area contributed by atoms with Crippen molar-refractivity contribution in [3.8, 4) is 0 Å². The summed E-state index contributed by atoms with van der Waals surface area (Å²) in [5.74, 6) is 0.576. The predicted molar refractivity (Wildman–Crippen MR) is 101 cm³/mol. The second-order valence-corrected chi connectivity index (χ2v) is 7.48. The van der Waals surface area contributed by atoms with Gasteiger partial charge in [0.1, 0.15) is 0 Å². The first kappa shape index (κ1) is 17.0. The Bertz CT molecular complexity index is 648. The molecule has 1 aromatic heterocycles. The monoisotopic (exact) mass is 343 g/mol. The van der Waals surface area contributed by atoms with E-state index in [2.05, 4.69) is 33.0 Å². The highest BCUT2D eigenvalue weighted by Gasteiger charge is 2.20. The number of anilines is 1. The second kappa shape index (κ2) is 8.31. The average molecular weight is 343 g/mol. The maximum atomic E-state index is 12.1. The van der Waals surface area contributed by atoms with Gasteiger partial charge in [-0.1, -0.05) is 24.3 Å². The van der Waals surface area contributed by atoms with Crippen LogP contribution in [0.3, 0.4) is 0 Å². The zero-order chi connectivity index (χ0) is 16.8. The predicted octanol–water partition coefficient (Wildman–Crippen LogP) is 4.09. The van der Waals surface area contributed by atoms with Crippen molar-refractivity contribution in [1.82, 2.24) is 10.2 Å². The van der Waals surface area contributed by atoms with Gasteiger partial charge in [0.25, 0.3) is 0 Å². The van der Waals surface area contributed by atoms with Crippen LogP contribution < -0.4 is 10.6 Å². The van der Waals surface area contributed by atoms with Gasteiger partial charge < -0.3 is 10.6 Å². The highest BCUT2D eigenvalue weighted by atomic mass is 32.1. The average Bonchev–Trinajstić information content (AvgIpc) is 3.09. The third-order valence-corrected chi connectivity index (χ3v) is 5.47. The molecular weight excluding hydrogens is 318 g/mol. The Morgan fingerprint density at radius 2 is 2.00 bits per heavy atom. The van der Waals surface area contributed by atoms with Crippen LogP contribution in [0.1, 0.15) is 23.3 Å². The number of hydrogen-bond acceptors (Lipinski definition) is 3. The molecule has 0 aliphatic carbocycles. The van der Waals surface area contributed by atoms with Crippen molar-refractivity contribution in [2.24, 2.45) is 5.92 Å². The number of carbonyl (C=O) groups is 1. The van der Waals surface area contributed by atoms with Crippen LogP contribution >= 0.6 is 11.3 Å². The van der Waals surface area contributed by atoms with Crippen LogP contribution in [0, 0.1) is 12.8 Å². The molecule has 1 aromatic carbocycles. The first-order chi connectivity index (χ1) is 11.7. The summed E-state index contributed by atoms with van der Waals surface area (Å²) in [6, 6.07) is 12.0. The number of benzene rings is 1. The Morgan fingerprint density at radius 3 is 2.71 bits per heavy atom. The summed E-state index contributed by atoms with van der Waals surface area (Å²) >= 11 is 1.83. The molecule has 0 radical (unpaired) electrons. The second-order valence-electron chi connectivity index (χ2n) is 6.45. The Hall–Kier alpha value is -1.85. The Morgan fingerprint density at radius 1 is 1.21 bits per heavy atom. The van der Waals surface area contributed by atoms with E-state index in [9.17, 15) is 4.79 Å². The summed E-state index contributed by atoms with van der Waals surface area (Å²) in [5.41, 5.74) is 1.95.